The van der Waals surface area contributed by atoms with Crippen LogP contribution >= 0.6 is 0 Å². The van der Waals surface area contributed by atoms with Crippen LogP contribution in [0.25, 0.3) is 0 Å². The number of hydrogen-bond donors (Lipinski definition) is 2. The van der Waals surface area contributed by atoms with Gasteiger partial charge in [0.1, 0.15) is 5.75 Å². The number of fused-ring (bicyclic) bond motifs is 1. The van der Waals surface area contributed by atoms with Crippen molar-refractivity contribution in [3.05, 3.63) is 29.3 Å². The fourth-order valence-corrected chi connectivity index (χ4v) is 2.34. The maximum Gasteiger partial charge on any atom is 0.115 e. The van der Waals surface area contributed by atoms with E-state index < -0.39 is 0 Å². The van der Waals surface area contributed by atoms with Crippen molar-refractivity contribution in [3.8, 4) is 5.75 Å². The van der Waals surface area contributed by atoms with Crippen molar-refractivity contribution < 1.29 is 5.11 Å². The number of phenols is 1. The molecule has 1 aliphatic rings. The molecule has 0 amide bonds. The lowest BCUT2D eigenvalue weighted by Crippen LogP contribution is -2.27. The molecule has 2 atom stereocenters. The molecule has 0 radical (unpaired) electrons. The zero-order valence-electron chi connectivity index (χ0n) is 8.75. The largest absolute Gasteiger partial charge is 0.508 e. The van der Waals surface area contributed by atoms with Gasteiger partial charge in [0.15, 0.2) is 0 Å². The average Bonchev–Trinajstić information content (AvgIpc) is 2.59. The lowest BCUT2D eigenvalue weighted by Gasteiger charge is -2.19. The second kappa shape index (κ2) is 3.62. The molecule has 1 aromatic carbocycles. The van der Waals surface area contributed by atoms with Crippen LogP contribution in [0.3, 0.4) is 0 Å². The molecule has 0 saturated carbocycles. The number of hydrogen-bond acceptors (Lipinski definition) is 2. The Balaban J connectivity index is 2.33. The molecule has 0 aliphatic heterocycles. The molecule has 0 bridgehead atoms. The summed E-state index contributed by atoms with van der Waals surface area (Å²) < 4.78 is 0. The summed E-state index contributed by atoms with van der Waals surface area (Å²) in [4.78, 5) is 0. The first-order valence-electron chi connectivity index (χ1n) is 5.21. The number of nitrogens with one attached hydrogen (secondary N) is 1. The Labute approximate surface area is 85.0 Å². The van der Waals surface area contributed by atoms with Gasteiger partial charge in [0.2, 0.25) is 0 Å². The second-order valence-corrected chi connectivity index (χ2v) is 4.11. The molecule has 76 valence electrons. The monoisotopic (exact) mass is 191 g/mol. The van der Waals surface area contributed by atoms with E-state index in [0.717, 1.165) is 6.42 Å². The third-order valence-electron chi connectivity index (χ3n) is 3.31. The van der Waals surface area contributed by atoms with Gasteiger partial charge in [-0.25, -0.2) is 0 Å². The van der Waals surface area contributed by atoms with Crippen LogP contribution in [0.4, 0.5) is 0 Å². The highest BCUT2D eigenvalue weighted by atomic mass is 16.3. The summed E-state index contributed by atoms with van der Waals surface area (Å²) in [5.41, 5.74) is 2.72. The van der Waals surface area contributed by atoms with Gasteiger partial charge < -0.3 is 10.4 Å². The van der Waals surface area contributed by atoms with Crippen LogP contribution in [-0.4, -0.2) is 18.2 Å². The first-order valence-corrected chi connectivity index (χ1v) is 5.21. The Bertz CT molecular complexity index is 335. The third-order valence-corrected chi connectivity index (χ3v) is 3.31. The molecule has 0 fully saturated rings. The van der Waals surface area contributed by atoms with Gasteiger partial charge in [0, 0.05) is 6.04 Å². The summed E-state index contributed by atoms with van der Waals surface area (Å²) in [6.07, 6.45) is 2.34. The quantitative estimate of drug-likeness (QED) is 0.749. The molecule has 0 heterocycles. The molecule has 14 heavy (non-hydrogen) atoms. The molecule has 2 nitrogen and oxygen atoms in total. The normalized spacial score (nSPS) is 22.0. The Hall–Kier alpha value is -1.02. The van der Waals surface area contributed by atoms with Crippen LogP contribution in [0.2, 0.25) is 0 Å². The molecule has 0 spiro atoms. The molecule has 0 aromatic heterocycles. The van der Waals surface area contributed by atoms with Crippen molar-refractivity contribution >= 4 is 0 Å². The van der Waals surface area contributed by atoms with Gasteiger partial charge in [-0.3, -0.25) is 0 Å². The van der Waals surface area contributed by atoms with E-state index in [1.807, 2.05) is 19.2 Å². The number of aromatic hydroxyl groups is 1. The minimum absolute atomic E-state index is 0.388. The van der Waals surface area contributed by atoms with Gasteiger partial charge in [-0.15, -0.1) is 0 Å². The summed E-state index contributed by atoms with van der Waals surface area (Å²) in [6.45, 7) is 2.20. The molecular weight excluding hydrogens is 174 g/mol. The molecule has 2 N–H and O–H groups in total. The summed E-state index contributed by atoms with van der Waals surface area (Å²) in [5, 5.41) is 12.7. The number of benzene rings is 1. The maximum atomic E-state index is 9.45. The zero-order valence-corrected chi connectivity index (χ0v) is 8.75. The van der Waals surface area contributed by atoms with Crippen molar-refractivity contribution in [2.45, 2.75) is 31.7 Å². The van der Waals surface area contributed by atoms with Crippen molar-refractivity contribution in [1.82, 2.24) is 5.32 Å². The van der Waals surface area contributed by atoms with E-state index in [0.29, 0.717) is 17.7 Å². The van der Waals surface area contributed by atoms with E-state index in [-0.39, 0.29) is 0 Å². The predicted octanol–water partition coefficient (Wildman–Crippen LogP) is 2.03. The van der Waals surface area contributed by atoms with Crippen molar-refractivity contribution in [1.29, 1.82) is 0 Å². The minimum Gasteiger partial charge on any atom is -0.508 e. The fraction of sp³-hybridized carbons (Fsp3) is 0.500. The van der Waals surface area contributed by atoms with E-state index in [9.17, 15) is 5.11 Å². The van der Waals surface area contributed by atoms with E-state index >= 15 is 0 Å². The number of phenolic OH excluding ortho intramolecular Hbond substituents is 1. The average molecular weight is 191 g/mol. The first-order chi connectivity index (χ1) is 6.72. The van der Waals surface area contributed by atoms with Gasteiger partial charge >= 0.3 is 0 Å². The standard InChI is InChI=1S/C12H17NO/c1-8(13-2)11-6-4-9-3-5-10(14)7-12(9)11/h3,5,7-8,11,13-14H,4,6H2,1-2H3. The van der Waals surface area contributed by atoms with E-state index in [1.165, 1.54) is 17.5 Å². The second-order valence-electron chi connectivity index (χ2n) is 4.11. The van der Waals surface area contributed by atoms with Crippen molar-refractivity contribution in [3.63, 3.8) is 0 Å². The molecule has 2 unspecified atom stereocenters. The topological polar surface area (TPSA) is 32.3 Å². The molecule has 2 rings (SSSR count). The number of likely N-dealkylation sites (N-methyl/N-ethyl adjacent to an activating group) is 1. The smallest absolute Gasteiger partial charge is 0.115 e. The molecule has 0 saturated heterocycles. The Morgan fingerprint density at radius 2 is 2.29 bits per heavy atom. The molecule has 2 heteroatoms. The maximum absolute atomic E-state index is 9.45. The van der Waals surface area contributed by atoms with Crippen LogP contribution < -0.4 is 5.32 Å². The lowest BCUT2D eigenvalue weighted by atomic mass is 9.94. The van der Waals surface area contributed by atoms with Gasteiger partial charge in [-0.1, -0.05) is 6.07 Å². The lowest BCUT2D eigenvalue weighted by molar-refractivity contribution is 0.468. The highest BCUT2D eigenvalue weighted by Crippen LogP contribution is 2.37. The highest BCUT2D eigenvalue weighted by molar-refractivity contribution is 5.41. The minimum atomic E-state index is 0.388. The number of aryl methyl sites for hydroxylation is 1. The van der Waals surface area contributed by atoms with Crippen LogP contribution in [0.15, 0.2) is 18.2 Å². The number of rotatable bonds is 2. The zero-order chi connectivity index (χ0) is 10.1. The van der Waals surface area contributed by atoms with Gasteiger partial charge in [0.05, 0.1) is 0 Å². The van der Waals surface area contributed by atoms with Crippen LogP contribution in [0.1, 0.15) is 30.4 Å². The Morgan fingerprint density at radius 3 is 3.00 bits per heavy atom. The van der Waals surface area contributed by atoms with Crippen LogP contribution in [-0.2, 0) is 6.42 Å². The van der Waals surface area contributed by atoms with Gasteiger partial charge in [0.25, 0.3) is 0 Å². The Kier molecular flexibility index (Phi) is 2.46. The molecule has 1 aromatic rings. The van der Waals surface area contributed by atoms with Crippen LogP contribution in [0.5, 0.6) is 5.75 Å². The van der Waals surface area contributed by atoms with Crippen LogP contribution in [0, 0.1) is 0 Å². The summed E-state index contributed by atoms with van der Waals surface area (Å²) >= 11 is 0. The van der Waals surface area contributed by atoms with E-state index in [4.69, 9.17) is 0 Å². The molecule has 1 aliphatic carbocycles. The third kappa shape index (κ3) is 1.50. The highest BCUT2D eigenvalue weighted by Gasteiger charge is 2.26. The van der Waals surface area contributed by atoms with Crippen molar-refractivity contribution in [2.24, 2.45) is 0 Å². The van der Waals surface area contributed by atoms with E-state index in [1.54, 1.807) is 6.07 Å². The van der Waals surface area contributed by atoms with Gasteiger partial charge in [-0.05, 0) is 56.0 Å². The van der Waals surface area contributed by atoms with Crippen molar-refractivity contribution in [2.75, 3.05) is 7.05 Å². The summed E-state index contributed by atoms with van der Waals surface area (Å²) in [6, 6.07) is 6.23. The summed E-state index contributed by atoms with van der Waals surface area (Å²) in [5.74, 6) is 0.945. The predicted molar refractivity (Wildman–Crippen MR) is 57.7 cm³/mol. The van der Waals surface area contributed by atoms with Gasteiger partial charge in [-0.2, -0.15) is 0 Å². The first kappa shape index (κ1) is 9.53. The summed E-state index contributed by atoms with van der Waals surface area (Å²) in [7, 11) is 1.99. The molecular formula is C12H17NO. The van der Waals surface area contributed by atoms with E-state index in [2.05, 4.69) is 12.2 Å². The SMILES string of the molecule is CNC(C)C1CCc2ccc(O)cc21. The Morgan fingerprint density at radius 1 is 1.50 bits per heavy atom. The fourth-order valence-electron chi connectivity index (χ4n) is 2.34.